The van der Waals surface area contributed by atoms with Crippen molar-refractivity contribution in [2.45, 2.75) is 38.5 Å². The second-order valence-corrected chi connectivity index (χ2v) is 5.68. The summed E-state index contributed by atoms with van der Waals surface area (Å²) in [6.07, 6.45) is 5.66. The fourth-order valence-electron chi connectivity index (χ4n) is 2.54. The van der Waals surface area contributed by atoms with E-state index < -0.39 is 23.0 Å². The maximum absolute atomic E-state index is 13.7. The van der Waals surface area contributed by atoms with E-state index in [4.69, 9.17) is 0 Å². The van der Waals surface area contributed by atoms with Gasteiger partial charge in [-0.25, -0.2) is 8.78 Å². The number of benzene rings is 1. The van der Waals surface area contributed by atoms with Gasteiger partial charge in [-0.1, -0.05) is 25.7 Å². The number of hydrogen-bond donors (Lipinski definition) is 0. The molecule has 98 valence electrons. The summed E-state index contributed by atoms with van der Waals surface area (Å²) in [5, 5.41) is 0. The molecule has 0 radical (unpaired) electrons. The monoisotopic (exact) mass is 316 g/mol. The minimum absolute atomic E-state index is 0.133. The van der Waals surface area contributed by atoms with Gasteiger partial charge in [0.1, 0.15) is 5.82 Å². The van der Waals surface area contributed by atoms with Crippen LogP contribution in [0.25, 0.3) is 0 Å². The molecular formula is C14H15BrF2O. The molecule has 0 aromatic heterocycles. The van der Waals surface area contributed by atoms with Gasteiger partial charge >= 0.3 is 0 Å². The second-order valence-electron chi connectivity index (χ2n) is 4.83. The van der Waals surface area contributed by atoms with Crippen LogP contribution in [-0.4, -0.2) is 5.78 Å². The van der Waals surface area contributed by atoms with Crippen LogP contribution in [-0.2, 0) is 0 Å². The van der Waals surface area contributed by atoms with Crippen molar-refractivity contribution in [3.05, 3.63) is 33.8 Å². The van der Waals surface area contributed by atoms with Crippen molar-refractivity contribution in [2.24, 2.45) is 5.92 Å². The molecule has 0 atom stereocenters. The van der Waals surface area contributed by atoms with Crippen molar-refractivity contribution in [1.82, 2.24) is 0 Å². The average Bonchev–Trinajstić information content (AvgIpc) is 2.85. The molecule has 4 heteroatoms. The molecule has 0 unspecified atom stereocenters. The molecule has 0 bridgehead atoms. The van der Waals surface area contributed by atoms with Crippen LogP contribution in [0.15, 0.2) is 16.6 Å². The van der Waals surface area contributed by atoms with Crippen LogP contribution in [0.3, 0.4) is 0 Å². The van der Waals surface area contributed by atoms with E-state index in [1.807, 2.05) is 0 Å². The van der Waals surface area contributed by atoms with Gasteiger partial charge in [-0.2, -0.15) is 0 Å². The fourth-order valence-corrected chi connectivity index (χ4v) is 2.87. The highest BCUT2D eigenvalue weighted by molar-refractivity contribution is 9.10. The summed E-state index contributed by atoms with van der Waals surface area (Å²) in [4.78, 5) is 11.9. The Morgan fingerprint density at radius 2 is 1.94 bits per heavy atom. The zero-order chi connectivity index (χ0) is 13.1. The van der Waals surface area contributed by atoms with Crippen molar-refractivity contribution in [2.75, 3.05) is 0 Å². The molecule has 1 aromatic carbocycles. The van der Waals surface area contributed by atoms with Gasteiger partial charge in [0.05, 0.1) is 10.0 Å². The summed E-state index contributed by atoms with van der Waals surface area (Å²) in [5.41, 5.74) is -0.401. The molecule has 0 heterocycles. The smallest absolute Gasteiger partial charge is 0.168 e. The summed E-state index contributed by atoms with van der Waals surface area (Å²) >= 11 is 2.97. The summed E-state index contributed by atoms with van der Waals surface area (Å²) < 4.78 is 27.3. The summed E-state index contributed by atoms with van der Waals surface area (Å²) in [6.45, 7) is 0. The lowest BCUT2D eigenvalue weighted by Gasteiger charge is -2.09. The first-order valence-corrected chi connectivity index (χ1v) is 7.05. The molecule has 0 saturated heterocycles. The summed E-state index contributed by atoms with van der Waals surface area (Å²) in [7, 11) is 0. The molecule has 1 aliphatic rings. The number of hydrogen-bond acceptors (Lipinski definition) is 1. The fraction of sp³-hybridized carbons (Fsp3) is 0.500. The number of carbonyl (C=O) groups is 1. The summed E-state index contributed by atoms with van der Waals surface area (Å²) in [5.74, 6) is -1.44. The van der Waals surface area contributed by atoms with Crippen LogP contribution in [0.1, 0.15) is 48.9 Å². The van der Waals surface area contributed by atoms with E-state index >= 15 is 0 Å². The van der Waals surface area contributed by atoms with Gasteiger partial charge < -0.3 is 0 Å². The lowest BCUT2D eigenvalue weighted by Crippen LogP contribution is -2.08. The zero-order valence-electron chi connectivity index (χ0n) is 10.0. The normalized spacial score (nSPS) is 16.2. The Bertz CT molecular complexity index is 453. The highest BCUT2D eigenvalue weighted by Gasteiger charge is 2.22. The van der Waals surface area contributed by atoms with Gasteiger partial charge in [-0.05, 0) is 40.4 Å². The third-order valence-corrected chi connectivity index (χ3v) is 4.19. The molecule has 0 amide bonds. The number of ketones is 1. The average molecular weight is 317 g/mol. The number of halogens is 3. The molecule has 1 saturated carbocycles. The lowest BCUT2D eigenvalue weighted by molar-refractivity contribution is 0.0965. The first kappa shape index (κ1) is 13.7. The van der Waals surface area contributed by atoms with E-state index in [9.17, 15) is 13.6 Å². The highest BCUT2D eigenvalue weighted by Crippen LogP contribution is 2.30. The Hall–Kier alpha value is -0.770. The molecule has 0 N–H and O–H groups in total. The molecule has 1 fully saturated rings. The van der Waals surface area contributed by atoms with E-state index in [1.165, 1.54) is 18.9 Å². The Labute approximate surface area is 114 Å². The van der Waals surface area contributed by atoms with E-state index in [0.29, 0.717) is 5.92 Å². The predicted octanol–water partition coefficient (Wildman–Crippen LogP) is 4.88. The second kappa shape index (κ2) is 5.91. The molecule has 2 rings (SSSR count). The summed E-state index contributed by atoms with van der Waals surface area (Å²) in [6, 6.07) is 2.40. The predicted molar refractivity (Wildman–Crippen MR) is 69.6 cm³/mol. The van der Waals surface area contributed by atoms with Crippen molar-refractivity contribution < 1.29 is 13.6 Å². The van der Waals surface area contributed by atoms with Gasteiger partial charge in [0.2, 0.25) is 0 Å². The van der Waals surface area contributed by atoms with Gasteiger partial charge in [-0.15, -0.1) is 0 Å². The van der Waals surface area contributed by atoms with Crippen LogP contribution in [0.5, 0.6) is 0 Å². The van der Waals surface area contributed by atoms with Crippen LogP contribution in [0.2, 0.25) is 0 Å². The molecule has 1 aliphatic carbocycles. The Morgan fingerprint density at radius 3 is 2.61 bits per heavy atom. The van der Waals surface area contributed by atoms with E-state index in [-0.39, 0.29) is 10.9 Å². The Balaban J connectivity index is 2.06. The van der Waals surface area contributed by atoms with Crippen molar-refractivity contribution in [3.8, 4) is 0 Å². The van der Waals surface area contributed by atoms with Crippen LogP contribution in [0.4, 0.5) is 8.78 Å². The quantitative estimate of drug-likeness (QED) is 0.571. The third-order valence-electron chi connectivity index (χ3n) is 3.58. The van der Waals surface area contributed by atoms with Gasteiger partial charge in [0.25, 0.3) is 0 Å². The van der Waals surface area contributed by atoms with Gasteiger partial charge in [0.15, 0.2) is 11.6 Å². The Kier molecular flexibility index (Phi) is 4.49. The first-order valence-electron chi connectivity index (χ1n) is 6.26. The molecule has 1 aromatic rings. The lowest BCUT2D eigenvalue weighted by atomic mass is 9.97. The maximum Gasteiger partial charge on any atom is 0.168 e. The SMILES string of the molecule is O=C(CCC1CCCC1)c1c(F)ccc(Br)c1F. The number of Topliss-reactive ketones (excluding diaryl/α,β-unsaturated/α-hetero) is 1. The van der Waals surface area contributed by atoms with E-state index in [2.05, 4.69) is 15.9 Å². The van der Waals surface area contributed by atoms with E-state index in [0.717, 1.165) is 25.3 Å². The topological polar surface area (TPSA) is 17.1 Å². The Morgan fingerprint density at radius 1 is 1.28 bits per heavy atom. The zero-order valence-corrected chi connectivity index (χ0v) is 11.6. The van der Waals surface area contributed by atoms with Crippen molar-refractivity contribution in [1.29, 1.82) is 0 Å². The maximum atomic E-state index is 13.7. The highest BCUT2D eigenvalue weighted by atomic mass is 79.9. The van der Waals surface area contributed by atoms with Gasteiger partial charge in [0, 0.05) is 6.42 Å². The number of carbonyl (C=O) groups excluding carboxylic acids is 1. The van der Waals surface area contributed by atoms with Crippen LogP contribution in [0, 0.1) is 17.6 Å². The number of rotatable bonds is 4. The standard InChI is InChI=1S/C14H15BrF2O/c15-10-6-7-11(16)13(14(10)17)12(18)8-5-9-3-1-2-4-9/h6-7,9H,1-5,8H2. The molecular weight excluding hydrogens is 302 g/mol. The molecule has 0 aliphatic heterocycles. The minimum Gasteiger partial charge on any atom is -0.294 e. The van der Waals surface area contributed by atoms with Crippen LogP contribution >= 0.6 is 15.9 Å². The largest absolute Gasteiger partial charge is 0.294 e. The van der Waals surface area contributed by atoms with Crippen LogP contribution < -0.4 is 0 Å². The van der Waals surface area contributed by atoms with E-state index in [1.54, 1.807) is 0 Å². The minimum atomic E-state index is -0.786. The first-order chi connectivity index (χ1) is 8.59. The molecule has 1 nitrogen and oxygen atoms in total. The molecule has 0 spiro atoms. The van der Waals surface area contributed by atoms with Gasteiger partial charge in [-0.3, -0.25) is 4.79 Å². The molecule has 18 heavy (non-hydrogen) atoms. The third kappa shape index (κ3) is 2.97. The van der Waals surface area contributed by atoms with Crippen molar-refractivity contribution in [3.63, 3.8) is 0 Å². The van der Waals surface area contributed by atoms with Crippen molar-refractivity contribution >= 4 is 21.7 Å².